The van der Waals surface area contributed by atoms with Crippen molar-refractivity contribution >= 4 is 8.32 Å². The highest BCUT2D eigenvalue weighted by Gasteiger charge is 2.47. The summed E-state index contributed by atoms with van der Waals surface area (Å²) >= 11 is 0. The molecule has 3 heteroatoms. The van der Waals surface area contributed by atoms with Crippen LogP contribution in [0.4, 0.5) is 0 Å². The molecule has 4 atom stereocenters. The van der Waals surface area contributed by atoms with Gasteiger partial charge in [0.1, 0.15) is 0 Å². The number of ether oxygens (including phenoxy) is 1. The first-order valence-electron chi connectivity index (χ1n) is 7.69. The minimum atomic E-state index is -1.78. The first-order chi connectivity index (χ1) is 9.14. The molecule has 1 rings (SSSR count). The van der Waals surface area contributed by atoms with E-state index >= 15 is 0 Å². The molecule has 1 fully saturated rings. The lowest BCUT2D eigenvalue weighted by Gasteiger charge is -2.40. The van der Waals surface area contributed by atoms with Crippen LogP contribution < -0.4 is 0 Å². The molecule has 0 aromatic carbocycles. The quantitative estimate of drug-likeness (QED) is 0.511. The third-order valence-electron chi connectivity index (χ3n) is 4.86. The Morgan fingerprint density at radius 3 is 2.05 bits per heavy atom. The molecule has 1 aliphatic heterocycles. The minimum Gasteiger partial charge on any atom is -0.411 e. The second kappa shape index (κ2) is 6.59. The van der Waals surface area contributed by atoms with E-state index in [1.54, 1.807) is 0 Å². The van der Waals surface area contributed by atoms with Crippen molar-refractivity contribution in [2.45, 2.75) is 77.0 Å². The van der Waals surface area contributed by atoms with Gasteiger partial charge in [-0.2, -0.15) is 0 Å². The van der Waals surface area contributed by atoms with Gasteiger partial charge in [0.15, 0.2) is 8.32 Å². The van der Waals surface area contributed by atoms with Crippen LogP contribution in [0.5, 0.6) is 0 Å². The molecule has 0 unspecified atom stereocenters. The fraction of sp³-hybridized carbons (Fsp3) is 0.765. The summed E-state index contributed by atoms with van der Waals surface area (Å²) in [4.78, 5) is 0. The SMILES string of the molecule is C=CC[C@@H]1O[C@H](CC=C)[C@@H](O[Si](C)(C)C(C)(C)C)[C@H]1C. The molecule has 0 radical (unpaired) electrons. The summed E-state index contributed by atoms with van der Waals surface area (Å²) in [5.41, 5.74) is 0. The molecule has 0 N–H and O–H groups in total. The molecular weight excluding hydrogens is 264 g/mol. The highest BCUT2D eigenvalue weighted by atomic mass is 28.4. The molecule has 0 spiro atoms. The fourth-order valence-electron chi connectivity index (χ4n) is 2.46. The Morgan fingerprint density at radius 2 is 1.60 bits per heavy atom. The van der Waals surface area contributed by atoms with Gasteiger partial charge < -0.3 is 9.16 Å². The lowest BCUT2D eigenvalue weighted by Crippen LogP contribution is -2.47. The molecule has 20 heavy (non-hydrogen) atoms. The average molecular weight is 297 g/mol. The maximum atomic E-state index is 6.65. The van der Waals surface area contributed by atoms with Gasteiger partial charge in [-0.3, -0.25) is 0 Å². The topological polar surface area (TPSA) is 18.5 Å². The molecular formula is C17H32O2Si. The van der Waals surface area contributed by atoms with E-state index in [2.05, 4.69) is 53.9 Å². The van der Waals surface area contributed by atoms with Crippen molar-refractivity contribution in [1.82, 2.24) is 0 Å². The van der Waals surface area contributed by atoms with Crippen molar-refractivity contribution in [2.75, 3.05) is 0 Å². The summed E-state index contributed by atoms with van der Waals surface area (Å²) in [5, 5.41) is 0.224. The van der Waals surface area contributed by atoms with Gasteiger partial charge in [0.25, 0.3) is 0 Å². The molecule has 0 bridgehead atoms. The average Bonchev–Trinajstić information content (AvgIpc) is 2.57. The van der Waals surface area contributed by atoms with Gasteiger partial charge >= 0.3 is 0 Å². The summed E-state index contributed by atoms with van der Waals surface area (Å²) < 4.78 is 12.8. The minimum absolute atomic E-state index is 0.140. The second-order valence-electron chi connectivity index (χ2n) is 7.46. The Morgan fingerprint density at radius 1 is 1.10 bits per heavy atom. The number of rotatable bonds is 6. The maximum absolute atomic E-state index is 6.65. The summed E-state index contributed by atoms with van der Waals surface area (Å²) in [7, 11) is -1.78. The smallest absolute Gasteiger partial charge is 0.192 e. The van der Waals surface area contributed by atoms with Gasteiger partial charge in [-0.15, -0.1) is 13.2 Å². The molecule has 1 aliphatic rings. The Kier molecular flexibility index (Phi) is 5.82. The highest BCUT2D eigenvalue weighted by molar-refractivity contribution is 6.74. The van der Waals surface area contributed by atoms with E-state index in [1.807, 2.05) is 12.2 Å². The lowest BCUT2D eigenvalue weighted by atomic mass is 9.95. The Labute approximate surface area is 126 Å². The van der Waals surface area contributed by atoms with Gasteiger partial charge in [0.05, 0.1) is 18.3 Å². The van der Waals surface area contributed by atoms with Crippen molar-refractivity contribution in [3.05, 3.63) is 25.3 Å². The van der Waals surface area contributed by atoms with Crippen LogP contribution in [0.2, 0.25) is 18.1 Å². The van der Waals surface area contributed by atoms with Crippen molar-refractivity contribution < 1.29 is 9.16 Å². The Bertz CT molecular complexity index is 343. The van der Waals surface area contributed by atoms with E-state index in [-0.39, 0.29) is 23.4 Å². The zero-order chi connectivity index (χ0) is 15.6. The van der Waals surface area contributed by atoms with Crippen LogP contribution >= 0.6 is 0 Å². The van der Waals surface area contributed by atoms with Gasteiger partial charge in [-0.05, 0) is 31.0 Å². The molecule has 0 aliphatic carbocycles. The normalized spacial score (nSPS) is 31.3. The molecule has 0 saturated carbocycles. The Balaban J connectivity index is 2.88. The zero-order valence-electron chi connectivity index (χ0n) is 14.1. The molecule has 2 nitrogen and oxygen atoms in total. The van der Waals surface area contributed by atoms with Crippen LogP contribution in [0.15, 0.2) is 25.3 Å². The van der Waals surface area contributed by atoms with Crippen LogP contribution in [0, 0.1) is 5.92 Å². The molecule has 116 valence electrons. The van der Waals surface area contributed by atoms with Crippen molar-refractivity contribution in [1.29, 1.82) is 0 Å². The number of hydrogen-bond acceptors (Lipinski definition) is 2. The third kappa shape index (κ3) is 3.83. The van der Waals surface area contributed by atoms with Gasteiger partial charge in [0, 0.05) is 5.92 Å². The van der Waals surface area contributed by atoms with Gasteiger partial charge in [-0.1, -0.05) is 39.8 Å². The van der Waals surface area contributed by atoms with E-state index in [0.717, 1.165) is 12.8 Å². The van der Waals surface area contributed by atoms with Crippen molar-refractivity contribution in [3.8, 4) is 0 Å². The maximum Gasteiger partial charge on any atom is 0.192 e. The van der Waals surface area contributed by atoms with E-state index in [1.165, 1.54) is 0 Å². The Hall–Kier alpha value is -0.383. The second-order valence-corrected chi connectivity index (χ2v) is 12.2. The monoisotopic (exact) mass is 296 g/mol. The van der Waals surface area contributed by atoms with Crippen molar-refractivity contribution in [2.24, 2.45) is 5.92 Å². The van der Waals surface area contributed by atoms with Gasteiger partial charge in [0.2, 0.25) is 0 Å². The summed E-state index contributed by atoms with van der Waals surface area (Å²) in [6, 6.07) is 0. The van der Waals surface area contributed by atoms with E-state index < -0.39 is 8.32 Å². The highest BCUT2D eigenvalue weighted by Crippen LogP contribution is 2.42. The van der Waals surface area contributed by atoms with Gasteiger partial charge in [-0.25, -0.2) is 0 Å². The summed E-state index contributed by atoms with van der Waals surface area (Å²) in [6.07, 6.45) is 6.19. The van der Waals surface area contributed by atoms with E-state index in [4.69, 9.17) is 9.16 Å². The van der Waals surface area contributed by atoms with E-state index in [0.29, 0.717) is 5.92 Å². The summed E-state index contributed by atoms with van der Waals surface area (Å²) in [6.45, 7) is 21.4. The standard InChI is InChI=1S/C17H32O2Si/c1-9-11-14-13(3)16(15(18-14)12-10-2)19-20(7,8)17(4,5)6/h9-10,13-16H,1-2,11-12H2,3-8H3/t13-,14-,15+,16-/m0/s1. The molecule has 1 saturated heterocycles. The van der Waals surface area contributed by atoms with Crippen molar-refractivity contribution in [3.63, 3.8) is 0 Å². The first kappa shape index (κ1) is 17.7. The number of hydrogen-bond donors (Lipinski definition) is 0. The molecule has 0 aromatic rings. The van der Waals surface area contributed by atoms with Crippen LogP contribution in [0.3, 0.4) is 0 Å². The lowest BCUT2D eigenvalue weighted by molar-refractivity contribution is 0.0167. The van der Waals surface area contributed by atoms with Crippen LogP contribution in [0.25, 0.3) is 0 Å². The third-order valence-corrected chi connectivity index (χ3v) is 9.33. The predicted molar refractivity (Wildman–Crippen MR) is 89.5 cm³/mol. The van der Waals surface area contributed by atoms with Crippen LogP contribution in [0.1, 0.15) is 40.5 Å². The van der Waals surface area contributed by atoms with E-state index in [9.17, 15) is 0 Å². The predicted octanol–water partition coefficient (Wildman–Crippen LogP) is 4.93. The summed E-state index contributed by atoms with van der Waals surface area (Å²) in [5.74, 6) is 0.409. The molecule has 0 amide bonds. The molecule has 0 aromatic heterocycles. The van der Waals surface area contributed by atoms with Crippen LogP contribution in [-0.2, 0) is 9.16 Å². The first-order valence-corrected chi connectivity index (χ1v) is 10.6. The zero-order valence-corrected chi connectivity index (χ0v) is 15.1. The molecule has 1 heterocycles. The largest absolute Gasteiger partial charge is 0.411 e. The fourth-order valence-corrected chi connectivity index (χ4v) is 3.87. The van der Waals surface area contributed by atoms with Crippen LogP contribution in [-0.4, -0.2) is 26.6 Å².